The topological polar surface area (TPSA) is 199 Å². The van der Waals surface area contributed by atoms with E-state index in [4.69, 9.17) is 42.1 Å². The predicted molar refractivity (Wildman–Crippen MR) is 514 cm³/mol. The molecule has 4 aliphatic heterocycles. The number of halogens is 9. The van der Waals surface area contributed by atoms with Gasteiger partial charge in [0.2, 0.25) is 36.0 Å². The molecule has 0 radical (unpaired) electrons. The van der Waals surface area contributed by atoms with Crippen LogP contribution in [0.25, 0.3) is 40.3 Å². The molecule has 4 fully saturated rings. The van der Waals surface area contributed by atoms with Crippen molar-refractivity contribution >= 4 is 132 Å². The van der Waals surface area contributed by atoms with Gasteiger partial charge in [0.15, 0.2) is 23.0 Å². The monoisotopic (exact) mass is 1920 g/mol. The Morgan fingerprint density at radius 1 is 0.358 bits per heavy atom. The van der Waals surface area contributed by atoms with Crippen LogP contribution >= 0.6 is 68.5 Å². The Kier molecular flexibility index (Phi) is 28.9. The maximum Gasteiger partial charge on any atom is 0.416 e. The molecule has 12 aromatic carbocycles. The minimum atomic E-state index is -4.52. The summed E-state index contributed by atoms with van der Waals surface area (Å²) in [7, 11) is 0. The van der Waals surface area contributed by atoms with E-state index >= 15 is 0 Å². The van der Waals surface area contributed by atoms with Crippen LogP contribution in [0.3, 0.4) is 0 Å². The van der Waals surface area contributed by atoms with Crippen molar-refractivity contribution < 1.29 is 89.3 Å². The van der Waals surface area contributed by atoms with Crippen molar-refractivity contribution in [2.75, 3.05) is 65.4 Å². The number of benzene rings is 12. The number of nitrogens with zero attached hydrogens (tertiary/aromatic N) is 4. The van der Waals surface area contributed by atoms with E-state index in [-0.39, 0.29) is 56.5 Å². The third kappa shape index (κ3) is 22.3. The molecule has 0 spiro atoms. The van der Waals surface area contributed by atoms with Gasteiger partial charge in [-0.2, -0.15) is 13.2 Å². The van der Waals surface area contributed by atoms with Gasteiger partial charge in [-0.25, -0.2) is 17.6 Å². The molecule has 4 N–H and O–H groups in total. The van der Waals surface area contributed by atoms with E-state index < -0.39 is 42.2 Å². The van der Waals surface area contributed by atoms with Gasteiger partial charge < -0.3 is 49.2 Å². The number of hydrogen-bond donors (Lipinski definition) is 4. The van der Waals surface area contributed by atoms with Crippen molar-refractivity contribution in [1.29, 1.82) is 0 Å². The Bertz CT molecular complexity index is 6910. The molecule has 20 rings (SSSR count). The molecule has 0 bridgehead atoms. The maximum atomic E-state index is 13.3. The van der Waals surface area contributed by atoms with Gasteiger partial charge in [0, 0.05) is 132 Å². The first kappa shape index (κ1) is 93.3. The fraction of sp³-hybridized carbons (Fsp3) is 0.200. The smallest absolute Gasteiger partial charge is 0.416 e. The highest BCUT2D eigenvalue weighted by Crippen LogP contribution is 2.49. The SMILES string of the molecule is O=C(c1ccc(C(F)(F)F)cc1)c1sc2cc(O)ccc2c1Oc1ccc(CN2CC(C(F)F)C2)cc1.O=C(c1ccc(Cl)cc1)c1sc2cc(O)ccc2c1Oc1ccc(CN2CC(C(F)F)C2)cc1.O=C(c1ccccc1)c1sc2cc(O)ccc2c1Oc1ccc(CCN2CCC2)cc1.O=C(c1ccccc1Cl)c1sc2cc(O)ccc2c1Oc1ccc(CCN2CCC2)cc1. The molecule has 29 heteroatoms. The third-order valence-electron chi connectivity index (χ3n) is 23.5. The van der Waals surface area contributed by atoms with Gasteiger partial charge in [-0.05, 0) is 244 Å². The average Bonchev–Trinajstić information content (AvgIpc) is 1.64. The van der Waals surface area contributed by atoms with Gasteiger partial charge in [-0.15, -0.1) is 45.3 Å². The van der Waals surface area contributed by atoms with Crippen LogP contribution in [0.5, 0.6) is 69.0 Å². The third-order valence-corrected chi connectivity index (χ3v) is 28.6. The summed E-state index contributed by atoms with van der Waals surface area (Å²) in [5.74, 6) is 2.35. The lowest BCUT2D eigenvalue weighted by Gasteiger charge is -2.38. The molecule has 0 aliphatic carbocycles. The van der Waals surface area contributed by atoms with E-state index in [0.29, 0.717) is 131 Å². The molecular weight excluding hydrogens is 1840 g/mol. The zero-order valence-corrected chi connectivity index (χ0v) is 76.3. The fourth-order valence-corrected chi connectivity index (χ4v) is 20.6. The standard InChI is InChI=1S/C27H20F5NO3S.C26H20ClF2NO3S.C26H22ClNO3S.C26H23NO3S/c28-26(29)17-13-33(14-17)12-15-1-8-20(9-2-15)36-24-21-10-7-19(34)11-22(21)37-25(24)23(35)16-3-5-18(6-4-16)27(30,31)32;27-18-5-3-16(4-6-18)23(32)25-24(21-10-7-19(31)11-22(21)34-25)33-20-8-1-15(2-9-20)12-30-13-17(14-30)26(28)29;27-22-5-2-1-4-20(22)24(30)26-25(21-11-8-18(29)16-23(21)32-26)31-19-9-6-17(7-10-19)12-15-28-13-3-14-28;28-20-9-12-22-23(17-20)31-26(24(29)19-5-2-1-3-6-19)25(22)30-21-10-7-18(8-11-21)13-16-27-14-4-15-27/h1-11,17,26,34H,12-14H2;1-11,17,26,31H,12-14H2;1-2,4-11,16,29H,3,12-15H2;1-3,5-12,17,28H,4,13-16H2. The summed E-state index contributed by atoms with van der Waals surface area (Å²) in [5, 5.41) is 43.4. The molecule has 0 saturated carbocycles. The van der Waals surface area contributed by atoms with E-state index in [9.17, 15) is 70.3 Å². The number of fused-ring (bicyclic) bond motifs is 4. The second kappa shape index (κ2) is 41.5. The Balaban J connectivity index is 0.000000125. The Morgan fingerprint density at radius 3 is 0.978 bits per heavy atom. The van der Waals surface area contributed by atoms with Crippen LogP contribution in [0.15, 0.2) is 273 Å². The number of carbonyl (C=O) groups excluding carboxylic acids is 4. The van der Waals surface area contributed by atoms with Crippen LogP contribution in [-0.4, -0.2) is 141 Å². The van der Waals surface area contributed by atoms with E-state index in [0.717, 1.165) is 103 Å². The number of ketones is 4. The summed E-state index contributed by atoms with van der Waals surface area (Å²) in [6.45, 7) is 9.61. The van der Waals surface area contributed by atoms with Crippen LogP contribution in [0.1, 0.15) is 102 Å². The molecule has 16 nitrogen and oxygen atoms in total. The molecule has 4 saturated heterocycles. The number of alkyl halides is 7. The van der Waals surface area contributed by atoms with Gasteiger partial charge in [0.1, 0.15) is 65.5 Å². The number of phenolic OH excluding ortho intramolecular Hbond substituents is 4. The number of carbonyl (C=O) groups is 4. The molecule has 0 amide bonds. The lowest BCUT2D eigenvalue weighted by atomic mass is 10.00. The van der Waals surface area contributed by atoms with Crippen LogP contribution in [0.4, 0.5) is 30.7 Å². The van der Waals surface area contributed by atoms with Crippen molar-refractivity contribution in [3.8, 4) is 69.0 Å². The molecular formula is C105H85Cl2F7N4O12S4. The normalized spacial score (nSPS) is 14.2. The largest absolute Gasteiger partial charge is 0.508 e. The Morgan fingerprint density at radius 2 is 0.664 bits per heavy atom. The van der Waals surface area contributed by atoms with Crippen molar-refractivity contribution in [3.63, 3.8) is 0 Å². The number of hydrogen-bond acceptors (Lipinski definition) is 20. The minimum absolute atomic E-state index is 0.00161. The summed E-state index contributed by atoms with van der Waals surface area (Å²) in [4.78, 5) is 63.5. The maximum absolute atomic E-state index is 13.3. The first-order chi connectivity index (χ1) is 64.7. The van der Waals surface area contributed by atoms with Crippen molar-refractivity contribution in [3.05, 3.63) is 353 Å². The highest BCUT2D eigenvalue weighted by Gasteiger charge is 2.37. The van der Waals surface area contributed by atoms with Crippen molar-refractivity contribution in [1.82, 2.24) is 19.6 Å². The van der Waals surface area contributed by atoms with Gasteiger partial charge >= 0.3 is 6.18 Å². The zero-order valence-electron chi connectivity index (χ0n) is 71.5. The van der Waals surface area contributed by atoms with Crippen LogP contribution in [0, 0.1) is 11.8 Å². The summed E-state index contributed by atoms with van der Waals surface area (Å²) in [6.07, 6.45) is -4.45. The lowest BCUT2D eigenvalue weighted by Crippen LogP contribution is -2.49. The van der Waals surface area contributed by atoms with Crippen LogP contribution in [0.2, 0.25) is 10.0 Å². The molecule has 684 valence electrons. The first-order valence-corrected chi connectivity index (χ1v) is 47.2. The number of likely N-dealkylation sites (tertiary alicyclic amines) is 4. The molecule has 4 aliphatic rings. The molecule has 0 unspecified atom stereocenters. The zero-order chi connectivity index (χ0) is 93.4. The quantitative estimate of drug-likeness (QED) is 0.0266. The van der Waals surface area contributed by atoms with E-state index in [2.05, 4.69) is 34.1 Å². The van der Waals surface area contributed by atoms with Gasteiger partial charge in [-0.1, -0.05) is 126 Å². The molecule has 134 heavy (non-hydrogen) atoms. The number of thiophene rings is 4. The van der Waals surface area contributed by atoms with Gasteiger partial charge in [-0.3, -0.25) is 29.0 Å². The molecule has 0 atom stereocenters. The van der Waals surface area contributed by atoms with E-state index in [1.165, 1.54) is 96.3 Å². The van der Waals surface area contributed by atoms with Crippen molar-refractivity contribution in [2.24, 2.45) is 11.8 Å². The fourth-order valence-electron chi connectivity index (χ4n) is 15.8. The second-order valence-corrected chi connectivity index (χ2v) is 38.0. The highest BCUT2D eigenvalue weighted by molar-refractivity contribution is 7.22. The number of aromatic hydroxyl groups is 4. The lowest BCUT2D eigenvalue weighted by molar-refractivity contribution is -0.137. The number of rotatable bonds is 28. The first-order valence-electron chi connectivity index (χ1n) is 43.2. The summed E-state index contributed by atoms with van der Waals surface area (Å²) < 4.78 is 117. The number of ether oxygens (including phenoxy) is 4. The minimum Gasteiger partial charge on any atom is -0.508 e. The van der Waals surface area contributed by atoms with Gasteiger partial charge in [0.05, 0.1) is 10.6 Å². The summed E-state index contributed by atoms with van der Waals surface area (Å²) >= 11 is 17.2. The van der Waals surface area contributed by atoms with Gasteiger partial charge in [0.25, 0.3) is 0 Å². The Labute approximate surface area is 792 Å². The summed E-state index contributed by atoms with van der Waals surface area (Å²) in [6, 6.07) is 77.0. The second-order valence-electron chi connectivity index (χ2n) is 33.0. The van der Waals surface area contributed by atoms with Crippen LogP contribution in [-0.2, 0) is 32.1 Å². The predicted octanol–water partition coefficient (Wildman–Crippen LogP) is 26.7. The van der Waals surface area contributed by atoms with Crippen LogP contribution < -0.4 is 18.9 Å². The Hall–Kier alpha value is -12.5. The molecule has 16 aromatic rings. The molecule has 8 heterocycles. The summed E-state index contributed by atoms with van der Waals surface area (Å²) in [5.41, 5.74) is 5.19. The number of phenols is 4. The van der Waals surface area contributed by atoms with Crippen molar-refractivity contribution in [2.45, 2.75) is 57.8 Å². The molecule has 4 aromatic heterocycles. The van der Waals surface area contributed by atoms with E-state index in [1.54, 1.807) is 146 Å². The average molecular weight is 1930 g/mol. The van der Waals surface area contributed by atoms with E-state index in [1.807, 2.05) is 76.5 Å². The highest BCUT2D eigenvalue weighted by atomic mass is 35.5.